The molecule has 0 bridgehead atoms. The average Bonchev–Trinajstić information content (AvgIpc) is 4.08. The second-order valence-electron chi connectivity index (χ2n) is 24.5. The zero-order chi connectivity index (χ0) is 66.4. The van der Waals surface area contributed by atoms with E-state index >= 15 is 0 Å². The molecule has 10 N–H and O–H groups in total. The number of primary amides is 1. The summed E-state index contributed by atoms with van der Waals surface area (Å²) in [5.74, 6) is -5.04. The number of nitrogens with zero attached hydrogens (tertiary/aromatic N) is 2. The highest BCUT2D eigenvalue weighted by Crippen LogP contribution is 2.29. The topological polar surface area (TPSA) is 343 Å². The SMILES string of the molecule is CN[C@H](C(=O)N[C@H](C(=O)N(C)[C@H](/C=C(\C)C(=O)NS(=O)(=O)Cc1ccc(CNC(=O)OCc2ccc(NC(=O)[C@H](CCCNC(N)=O)NC(=O)C(NC(=O)CCCCCN3C(=O)C=CC3=O)C(C)C)cc2)cc1)C(C)C)C(C)(C)C)C(C)(C)c1ccccc1. The highest BCUT2D eigenvalue weighted by molar-refractivity contribution is 7.89. The van der Waals surface area contributed by atoms with Crippen LogP contribution >= 0.6 is 0 Å². The predicted octanol–water partition coefficient (Wildman–Crippen LogP) is 5.08. The van der Waals surface area contributed by atoms with Crippen LogP contribution in [0.5, 0.6) is 0 Å². The number of sulfonamides is 1. The van der Waals surface area contributed by atoms with Crippen molar-refractivity contribution < 1.29 is 61.1 Å². The number of hydrogen-bond acceptors (Lipinski definition) is 14. The first kappa shape index (κ1) is 73.0. The molecule has 0 radical (unpaired) electrons. The van der Waals surface area contributed by atoms with E-state index in [-0.39, 0.29) is 92.4 Å². The van der Waals surface area contributed by atoms with Gasteiger partial charge in [-0.25, -0.2) is 22.7 Å². The van der Waals surface area contributed by atoms with Crippen LogP contribution in [0, 0.1) is 17.3 Å². The number of rotatable bonds is 33. The lowest BCUT2D eigenvalue weighted by Gasteiger charge is -2.40. The van der Waals surface area contributed by atoms with E-state index in [1.54, 1.807) is 82.5 Å². The summed E-state index contributed by atoms with van der Waals surface area (Å²) < 4.78 is 34.2. The molecule has 1 aliphatic heterocycles. The number of nitrogens with one attached hydrogen (secondary N) is 8. The molecule has 24 nitrogen and oxygen atoms in total. The van der Waals surface area contributed by atoms with Gasteiger partial charge in [0, 0.05) is 61.9 Å². The van der Waals surface area contributed by atoms with E-state index in [9.17, 15) is 56.4 Å². The van der Waals surface area contributed by atoms with Gasteiger partial charge in [-0.1, -0.05) is 142 Å². The molecule has 0 fully saturated rings. The van der Waals surface area contributed by atoms with Crippen LogP contribution in [-0.4, -0.2) is 135 Å². The number of anilines is 1. The molecule has 486 valence electrons. The van der Waals surface area contributed by atoms with Crippen molar-refractivity contribution in [3.05, 3.63) is 125 Å². The number of amides is 11. The Labute approximate surface area is 523 Å². The van der Waals surface area contributed by atoms with Gasteiger partial charge in [0.15, 0.2) is 0 Å². The quantitative estimate of drug-likeness (QED) is 0.0218. The Morgan fingerprint density at radius 1 is 0.708 bits per heavy atom. The number of likely N-dealkylation sites (N-methyl/N-ethyl adjacent to an activating group) is 2. The van der Waals surface area contributed by atoms with Gasteiger partial charge in [-0.2, -0.15) is 0 Å². The summed E-state index contributed by atoms with van der Waals surface area (Å²) in [5, 5.41) is 19.5. The van der Waals surface area contributed by atoms with Crippen molar-refractivity contribution >= 4 is 75.1 Å². The van der Waals surface area contributed by atoms with Crippen molar-refractivity contribution in [2.24, 2.45) is 23.0 Å². The Morgan fingerprint density at radius 2 is 1.31 bits per heavy atom. The lowest BCUT2D eigenvalue weighted by molar-refractivity contribution is -0.141. The first-order valence-electron chi connectivity index (χ1n) is 29.8. The minimum Gasteiger partial charge on any atom is -0.445 e. The number of alkyl carbamates (subject to hydrolysis) is 1. The van der Waals surface area contributed by atoms with Gasteiger partial charge in [0.1, 0.15) is 24.7 Å². The van der Waals surface area contributed by atoms with Gasteiger partial charge < -0.3 is 52.6 Å². The van der Waals surface area contributed by atoms with Gasteiger partial charge in [0.05, 0.1) is 17.8 Å². The molecule has 1 aliphatic rings. The number of imide groups is 1. The molecule has 0 aromatic heterocycles. The van der Waals surface area contributed by atoms with Gasteiger partial charge in [0.2, 0.25) is 39.6 Å². The highest BCUT2D eigenvalue weighted by Gasteiger charge is 2.42. The predicted molar refractivity (Wildman–Crippen MR) is 338 cm³/mol. The monoisotopic (exact) mass is 1250 g/mol. The molecule has 89 heavy (non-hydrogen) atoms. The van der Waals surface area contributed by atoms with Crippen molar-refractivity contribution in [1.29, 1.82) is 0 Å². The van der Waals surface area contributed by atoms with E-state index in [4.69, 9.17) is 10.5 Å². The minimum atomic E-state index is -4.21. The smallest absolute Gasteiger partial charge is 0.407 e. The van der Waals surface area contributed by atoms with Gasteiger partial charge in [-0.3, -0.25) is 43.3 Å². The number of unbranched alkanes of at least 4 members (excludes halogenated alkanes) is 2. The molecule has 0 saturated carbocycles. The van der Waals surface area contributed by atoms with Crippen molar-refractivity contribution in [2.45, 2.75) is 162 Å². The Kier molecular flexibility index (Phi) is 27.7. The Morgan fingerprint density at radius 3 is 1.89 bits per heavy atom. The molecule has 1 unspecified atom stereocenters. The van der Waals surface area contributed by atoms with Crippen LogP contribution in [0.3, 0.4) is 0 Å². The molecular formula is C64H91N11O13S. The van der Waals surface area contributed by atoms with E-state index in [0.717, 1.165) is 10.5 Å². The molecule has 25 heteroatoms. The van der Waals surface area contributed by atoms with Crippen molar-refractivity contribution in [3.63, 3.8) is 0 Å². The van der Waals surface area contributed by atoms with Crippen molar-refractivity contribution in [3.8, 4) is 0 Å². The Hall–Kier alpha value is -8.45. The fraction of sp³-hybridized carbons (Fsp3) is 0.500. The zero-order valence-electron chi connectivity index (χ0n) is 53.2. The van der Waals surface area contributed by atoms with Crippen molar-refractivity contribution in [2.75, 3.05) is 32.5 Å². The molecule has 0 aliphatic carbocycles. The largest absolute Gasteiger partial charge is 0.445 e. The lowest BCUT2D eigenvalue weighted by atomic mass is 9.76. The number of benzene rings is 3. The maximum Gasteiger partial charge on any atom is 0.407 e. The third-order valence-corrected chi connectivity index (χ3v) is 16.4. The molecule has 1 heterocycles. The van der Waals surface area contributed by atoms with Crippen LogP contribution in [0.2, 0.25) is 0 Å². The molecular weight excluding hydrogens is 1160 g/mol. The zero-order valence-corrected chi connectivity index (χ0v) is 54.1. The maximum absolute atomic E-state index is 14.4. The van der Waals surface area contributed by atoms with Crippen LogP contribution in [-0.2, 0) is 77.4 Å². The lowest BCUT2D eigenvalue weighted by Crippen LogP contribution is -2.61. The average molecular weight is 1250 g/mol. The summed E-state index contributed by atoms with van der Waals surface area (Å²) in [4.78, 5) is 132. The van der Waals surface area contributed by atoms with Crippen LogP contribution in [0.15, 0.2) is 103 Å². The number of ether oxygens (including phenoxy) is 1. The molecule has 11 amide bonds. The summed E-state index contributed by atoms with van der Waals surface area (Å²) in [7, 11) is -0.925. The molecule has 3 aromatic rings. The summed E-state index contributed by atoms with van der Waals surface area (Å²) in [6, 6.07) is 17.2. The van der Waals surface area contributed by atoms with Crippen LogP contribution in [0.25, 0.3) is 0 Å². The standard InChI is InChI=1S/C64H91N11O13S/c1-40(2)49(74(12)60(83)55(63(6,7)8)72-59(82)54(66-11)64(9,10)46-20-15-13-16-21-46)36-42(5)56(79)73-89(86,87)39-45-26-24-43(25-27-45)37-68-62(85)88-38-44-28-30-47(31-29-44)69-57(80)48(22-19-34-67-61(65)84)70-58(81)53(41(3)4)71-50(76)23-17-14-18-35-75-51(77)32-33-52(75)78/h13,15-16,20-21,24-33,36,40-41,48-49,53-55,66H,14,17-19,22-23,34-35,37-39H2,1-12H3,(H,68,85)(H,69,80)(H,70,81)(H,71,76)(H,72,82)(H,73,79)(H3,65,67,84)/b42-36+/t48-,49+,53?,54+,55+/m0/s1. The molecule has 3 aromatic carbocycles. The van der Waals surface area contributed by atoms with E-state index < -0.39 is 86.7 Å². The first-order chi connectivity index (χ1) is 41.7. The van der Waals surface area contributed by atoms with Gasteiger partial charge in [-0.15, -0.1) is 0 Å². The normalized spacial score (nSPS) is 14.4. The van der Waals surface area contributed by atoms with Gasteiger partial charge in [0.25, 0.3) is 17.7 Å². The number of hydrogen-bond donors (Lipinski definition) is 9. The molecule has 5 atom stereocenters. The van der Waals surface area contributed by atoms with Crippen LogP contribution in [0.1, 0.15) is 130 Å². The van der Waals surface area contributed by atoms with Crippen LogP contribution in [0.4, 0.5) is 15.3 Å². The Balaban J connectivity index is 1.27. The molecule has 4 rings (SSSR count). The second kappa shape index (κ2) is 33.8. The number of carbonyl (C=O) groups excluding carboxylic acids is 10. The third kappa shape index (κ3) is 23.2. The third-order valence-electron chi connectivity index (χ3n) is 15.2. The van der Waals surface area contributed by atoms with E-state index in [1.165, 1.54) is 24.0 Å². The Bertz CT molecular complexity index is 3130. The fourth-order valence-corrected chi connectivity index (χ4v) is 11.0. The molecule has 0 saturated heterocycles. The van der Waals surface area contributed by atoms with E-state index in [1.807, 2.05) is 78.8 Å². The highest BCUT2D eigenvalue weighted by atomic mass is 32.2. The number of nitrogens with two attached hydrogens (primary N) is 1. The first-order valence-corrected chi connectivity index (χ1v) is 31.5. The van der Waals surface area contributed by atoms with Gasteiger partial charge in [-0.05, 0) is 91.3 Å². The maximum atomic E-state index is 14.4. The van der Waals surface area contributed by atoms with E-state index in [2.05, 4.69) is 41.9 Å². The molecule has 0 spiro atoms. The van der Waals surface area contributed by atoms with Crippen molar-refractivity contribution in [1.82, 2.24) is 46.4 Å². The van der Waals surface area contributed by atoms with Gasteiger partial charge >= 0.3 is 12.1 Å². The summed E-state index contributed by atoms with van der Waals surface area (Å²) >= 11 is 0. The second-order valence-corrected chi connectivity index (χ2v) is 26.3. The number of urea groups is 1. The van der Waals surface area contributed by atoms with E-state index in [0.29, 0.717) is 41.6 Å². The summed E-state index contributed by atoms with van der Waals surface area (Å²) in [6.07, 6.45) is 5.21. The van der Waals surface area contributed by atoms with Crippen LogP contribution < -0.4 is 47.7 Å². The minimum absolute atomic E-state index is 0.0327. The summed E-state index contributed by atoms with van der Waals surface area (Å²) in [5.41, 5.74) is 6.75. The summed E-state index contributed by atoms with van der Waals surface area (Å²) in [6.45, 7) is 18.4. The number of carbonyl (C=O) groups is 10. The fourth-order valence-electron chi connectivity index (χ4n) is 9.89.